The predicted molar refractivity (Wildman–Crippen MR) is 94.1 cm³/mol. The second kappa shape index (κ2) is 7.19. The van der Waals surface area contributed by atoms with Crippen LogP contribution in [0.1, 0.15) is 36.0 Å². The van der Waals surface area contributed by atoms with Crippen molar-refractivity contribution in [2.24, 2.45) is 11.3 Å². The van der Waals surface area contributed by atoms with E-state index in [-0.39, 0.29) is 28.7 Å². The van der Waals surface area contributed by atoms with Crippen LogP contribution in [0.5, 0.6) is 0 Å². The van der Waals surface area contributed by atoms with E-state index < -0.39 is 11.6 Å². The summed E-state index contributed by atoms with van der Waals surface area (Å²) in [5.74, 6) is -2.50. The molecule has 4 rings (SSSR count). The number of hydrogen-bond acceptors (Lipinski definition) is 3. The van der Waals surface area contributed by atoms with E-state index in [2.05, 4.69) is 0 Å². The molecule has 3 aliphatic rings. The molecule has 1 atom stereocenters. The van der Waals surface area contributed by atoms with E-state index in [4.69, 9.17) is 4.74 Å². The fraction of sp³-hybridized carbons (Fsp3) is 0.600. The summed E-state index contributed by atoms with van der Waals surface area (Å²) >= 11 is 0. The SMILES string of the molecule is O=C(c1ccc(F)c(F)c1)N1CC(C(=O)N2CCCC2)C2(CCOCC2)C1. The molecule has 3 aliphatic heterocycles. The summed E-state index contributed by atoms with van der Waals surface area (Å²) in [4.78, 5) is 29.6. The quantitative estimate of drug-likeness (QED) is 0.794. The van der Waals surface area contributed by atoms with Crippen LogP contribution in [-0.2, 0) is 9.53 Å². The molecule has 3 saturated heterocycles. The molecule has 7 heteroatoms. The lowest BCUT2D eigenvalue weighted by atomic mass is 9.71. The number of halogens is 2. The summed E-state index contributed by atoms with van der Waals surface area (Å²) < 4.78 is 32.3. The van der Waals surface area contributed by atoms with Crippen molar-refractivity contribution in [2.45, 2.75) is 25.7 Å². The lowest BCUT2D eigenvalue weighted by molar-refractivity contribution is -0.139. The number of amides is 2. The van der Waals surface area contributed by atoms with Gasteiger partial charge in [0.05, 0.1) is 5.92 Å². The molecule has 0 bridgehead atoms. The third-order valence-corrected chi connectivity index (χ3v) is 6.31. The van der Waals surface area contributed by atoms with Gasteiger partial charge < -0.3 is 14.5 Å². The van der Waals surface area contributed by atoms with E-state index in [1.165, 1.54) is 6.07 Å². The van der Waals surface area contributed by atoms with Crippen LogP contribution in [0.15, 0.2) is 18.2 Å². The van der Waals surface area contributed by atoms with Gasteiger partial charge in [0.25, 0.3) is 5.91 Å². The first kappa shape index (κ1) is 18.3. The molecule has 3 heterocycles. The Labute approximate surface area is 157 Å². The average Bonchev–Trinajstić information content (AvgIpc) is 3.32. The van der Waals surface area contributed by atoms with Crippen molar-refractivity contribution in [1.82, 2.24) is 9.80 Å². The van der Waals surface area contributed by atoms with Crippen LogP contribution in [-0.4, -0.2) is 61.0 Å². The Hall–Kier alpha value is -2.02. The van der Waals surface area contributed by atoms with E-state index in [9.17, 15) is 18.4 Å². The second-order valence-electron chi connectivity index (χ2n) is 7.87. The zero-order valence-corrected chi connectivity index (χ0v) is 15.3. The number of ether oxygens (including phenoxy) is 1. The number of benzene rings is 1. The zero-order chi connectivity index (χ0) is 19.0. The van der Waals surface area contributed by atoms with E-state index in [0.717, 1.165) is 50.9 Å². The maximum atomic E-state index is 13.6. The minimum atomic E-state index is -1.04. The summed E-state index contributed by atoms with van der Waals surface area (Å²) in [7, 11) is 0. The molecular formula is C20H24F2N2O3. The van der Waals surface area contributed by atoms with Crippen molar-refractivity contribution in [1.29, 1.82) is 0 Å². The standard InChI is InChI=1S/C20H24F2N2O3/c21-16-4-3-14(11-17(16)22)18(25)24-12-15(19(26)23-7-1-2-8-23)20(13-24)5-9-27-10-6-20/h3-4,11,15H,1-2,5-10,12-13H2. The molecule has 5 nitrogen and oxygen atoms in total. The first-order valence-electron chi connectivity index (χ1n) is 9.61. The van der Waals surface area contributed by atoms with Gasteiger partial charge in [-0.1, -0.05) is 0 Å². The van der Waals surface area contributed by atoms with Crippen LogP contribution in [0, 0.1) is 23.0 Å². The highest BCUT2D eigenvalue weighted by Gasteiger charge is 2.52. The molecule has 0 radical (unpaired) electrons. The Morgan fingerprint density at radius 3 is 2.41 bits per heavy atom. The monoisotopic (exact) mass is 378 g/mol. The van der Waals surface area contributed by atoms with Crippen molar-refractivity contribution in [2.75, 3.05) is 39.4 Å². The Kier molecular flexibility index (Phi) is 4.88. The largest absolute Gasteiger partial charge is 0.381 e. The third kappa shape index (κ3) is 3.33. The number of carbonyl (C=O) groups is 2. The molecule has 0 aromatic heterocycles. The number of carbonyl (C=O) groups excluding carboxylic acids is 2. The molecule has 146 valence electrons. The van der Waals surface area contributed by atoms with Crippen LogP contribution < -0.4 is 0 Å². The van der Waals surface area contributed by atoms with Gasteiger partial charge in [-0.15, -0.1) is 0 Å². The first-order chi connectivity index (χ1) is 13.0. The highest BCUT2D eigenvalue weighted by molar-refractivity contribution is 5.95. The molecule has 1 spiro atoms. The van der Waals surface area contributed by atoms with Gasteiger partial charge in [-0.3, -0.25) is 9.59 Å². The third-order valence-electron chi connectivity index (χ3n) is 6.31. The lowest BCUT2D eigenvalue weighted by Crippen LogP contribution is -2.45. The van der Waals surface area contributed by atoms with E-state index >= 15 is 0 Å². The highest BCUT2D eigenvalue weighted by atomic mass is 19.2. The van der Waals surface area contributed by atoms with Crippen LogP contribution in [0.4, 0.5) is 8.78 Å². The predicted octanol–water partition coefficient (Wildman–Crippen LogP) is 2.46. The van der Waals surface area contributed by atoms with Crippen molar-refractivity contribution in [3.63, 3.8) is 0 Å². The number of nitrogens with zero attached hydrogens (tertiary/aromatic N) is 2. The number of likely N-dealkylation sites (tertiary alicyclic amines) is 2. The van der Waals surface area contributed by atoms with E-state index in [1.807, 2.05) is 4.90 Å². The van der Waals surface area contributed by atoms with Gasteiger partial charge in [-0.25, -0.2) is 8.78 Å². The summed E-state index contributed by atoms with van der Waals surface area (Å²) in [6, 6.07) is 3.20. The Balaban J connectivity index is 1.58. The molecule has 0 N–H and O–H groups in total. The van der Waals surface area contributed by atoms with Crippen molar-refractivity contribution in [3.8, 4) is 0 Å². The second-order valence-corrected chi connectivity index (χ2v) is 7.87. The summed E-state index contributed by atoms with van der Waals surface area (Å²) in [5, 5.41) is 0. The van der Waals surface area contributed by atoms with Crippen molar-refractivity contribution < 1.29 is 23.1 Å². The van der Waals surface area contributed by atoms with Crippen LogP contribution in [0.3, 0.4) is 0 Å². The van der Waals surface area contributed by atoms with Gasteiger partial charge in [0.15, 0.2) is 11.6 Å². The van der Waals surface area contributed by atoms with Crippen molar-refractivity contribution >= 4 is 11.8 Å². The normalized spacial score (nSPS) is 24.6. The number of rotatable bonds is 2. The minimum Gasteiger partial charge on any atom is -0.381 e. The lowest BCUT2D eigenvalue weighted by Gasteiger charge is -2.38. The van der Waals surface area contributed by atoms with Gasteiger partial charge in [0.2, 0.25) is 5.91 Å². The molecule has 3 fully saturated rings. The Bertz CT molecular complexity index is 743. The van der Waals surface area contributed by atoms with Gasteiger partial charge in [-0.2, -0.15) is 0 Å². The summed E-state index contributed by atoms with van der Waals surface area (Å²) in [6.07, 6.45) is 3.51. The maximum Gasteiger partial charge on any atom is 0.254 e. The van der Waals surface area contributed by atoms with Gasteiger partial charge >= 0.3 is 0 Å². The molecule has 1 unspecified atom stereocenters. The van der Waals surface area contributed by atoms with Gasteiger partial charge in [0.1, 0.15) is 0 Å². The highest BCUT2D eigenvalue weighted by Crippen LogP contribution is 2.45. The zero-order valence-electron chi connectivity index (χ0n) is 15.3. The van der Waals surface area contributed by atoms with Crippen LogP contribution >= 0.6 is 0 Å². The van der Waals surface area contributed by atoms with Crippen LogP contribution in [0.2, 0.25) is 0 Å². The fourth-order valence-electron chi connectivity index (χ4n) is 4.72. The van der Waals surface area contributed by atoms with E-state index in [1.54, 1.807) is 4.90 Å². The molecule has 0 saturated carbocycles. The number of hydrogen-bond donors (Lipinski definition) is 0. The molecule has 27 heavy (non-hydrogen) atoms. The summed E-state index contributed by atoms with van der Waals surface area (Å²) in [5.41, 5.74) is -0.169. The molecule has 0 aliphatic carbocycles. The van der Waals surface area contributed by atoms with E-state index in [0.29, 0.717) is 26.3 Å². The van der Waals surface area contributed by atoms with Gasteiger partial charge in [-0.05, 0) is 43.9 Å². The smallest absolute Gasteiger partial charge is 0.254 e. The molecular weight excluding hydrogens is 354 g/mol. The average molecular weight is 378 g/mol. The topological polar surface area (TPSA) is 49.9 Å². The Morgan fingerprint density at radius 1 is 1.04 bits per heavy atom. The van der Waals surface area contributed by atoms with Crippen molar-refractivity contribution in [3.05, 3.63) is 35.4 Å². The van der Waals surface area contributed by atoms with Gasteiger partial charge in [0, 0.05) is 50.4 Å². The fourth-order valence-corrected chi connectivity index (χ4v) is 4.72. The molecule has 1 aromatic carbocycles. The van der Waals surface area contributed by atoms with Crippen LogP contribution in [0.25, 0.3) is 0 Å². The maximum absolute atomic E-state index is 13.6. The Morgan fingerprint density at radius 2 is 1.74 bits per heavy atom. The minimum absolute atomic E-state index is 0.116. The molecule has 2 amide bonds. The summed E-state index contributed by atoms with van der Waals surface area (Å²) in [6.45, 7) is 3.50. The first-order valence-corrected chi connectivity index (χ1v) is 9.61. The molecule has 1 aromatic rings.